The van der Waals surface area contributed by atoms with Crippen molar-refractivity contribution in [2.24, 2.45) is 10.7 Å². The van der Waals surface area contributed by atoms with E-state index in [2.05, 4.69) is 28.8 Å². The van der Waals surface area contributed by atoms with Gasteiger partial charge in [0, 0.05) is 11.7 Å². The van der Waals surface area contributed by atoms with Crippen molar-refractivity contribution >= 4 is 5.84 Å². The zero-order chi connectivity index (χ0) is 10.1. The Labute approximate surface area is 83.6 Å². The molecule has 2 unspecified atom stereocenters. The summed E-state index contributed by atoms with van der Waals surface area (Å²) < 4.78 is 0. The van der Waals surface area contributed by atoms with Crippen LogP contribution in [0.4, 0.5) is 0 Å². The van der Waals surface area contributed by atoms with Gasteiger partial charge in [0.05, 0.1) is 6.33 Å². The Bertz CT molecular complexity index is 353. The Hall–Kier alpha value is -1.32. The normalized spacial score (nSPS) is 27.4. The molecule has 0 aromatic carbocycles. The number of imidazole rings is 1. The van der Waals surface area contributed by atoms with E-state index < -0.39 is 0 Å². The molecule has 0 fully saturated rings. The van der Waals surface area contributed by atoms with Gasteiger partial charge in [0.1, 0.15) is 11.5 Å². The molecule has 0 bridgehead atoms. The highest BCUT2D eigenvalue weighted by molar-refractivity contribution is 5.97. The van der Waals surface area contributed by atoms with E-state index in [0.29, 0.717) is 17.8 Å². The van der Waals surface area contributed by atoms with E-state index in [9.17, 15) is 0 Å². The molecule has 4 heteroatoms. The average molecular weight is 192 g/mol. The van der Waals surface area contributed by atoms with Gasteiger partial charge in [0.2, 0.25) is 0 Å². The highest BCUT2D eigenvalue weighted by atomic mass is 15.0. The van der Waals surface area contributed by atoms with Gasteiger partial charge in [-0.2, -0.15) is 0 Å². The van der Waals surface area contributed by atoms with Crippen molar-refractivity contribution in [1.29, 1.82) is 0 Å². The number of nitrogens with zero attached hydrogens (tertiary/aromatic N) is 2. The van der Waals surface area contributed by atoms with Crippen LogP contribution < -0.4 is 5.73 Å². The minimum atomic E-state index is 0.308. The van der Waals surface area contributed by atoms with Gasteiger partial charge >= 0.3 is 0 Å². The first kappa shape index (κ1) is 9.24. The van der Waals surface area contributed by atoms with Crippen LogP contribution in [-0.2, 0) is 0 Å². The van der Waals surface area contributed by atoms with Crippen LogP contribution in [-0.4, -0.2) is 21.8 Å². The number of nitrogens with two attached hydrogens (primary N) is 1. The number of aliphatic imine (C=N–C) groups is 1. The van der Waals surface area contributed by atoms with Crippen LogP contribution in [0.15, 0.2) is 11.3 Å². The second-order valence-electron chi connectivity index (χ2n) is 4.01. The predicted octanol–water partition coefficient (Wildman–Crippen LogP) is 1.40. The van der Waals surface area contributed by atoms with Crippen molar-refractivity contribution in [3.05, 3.63) is 17.7 Å². The van der Waals surface area contributed by atoms with E-state index >= 15 is 0 Å². The lowest BCUT2D eigenvalue weighted by atomic mass is 9.96. The minimum absolute atomic E-state index is 0.308. The molecule has 0 radical (unpaired) electrons. The number of aromatic amines is 1. The molecule has 0 saturated heterocycles. The van der Waals surface area contributed by atoms with Crippen molar-refractivity contribution in [3.63, 3.8) is 0 Å². The molecule has 2 rings (SSSR count). The Kier molecular flexibility index (Phi) is 2.27. The molecular weight excluding hydrogens is 176 g/mol. The van der Waals surface area contributed by atoms with Crippen LogP contribution >= 0.6 is 0 Å². The third-order valence-corrected chi connectivity index (χ3v) is 2.78. The molecule has 1 aliphatic heterocycles. The molecule has 0 aliphatic carbocycles. The molecule has 1 aliphatic rings. The summed E-state index contributed by atoms with van der Waals surface area (Å²) in [7, 11) is 0. The Balaban J connectivity index is 2.45. The van der Waals surface area contributed by atoms with Crippen molar-refractivity contribution < 1.29 is 0 Å². The molecule has 2 atom stereocenters. The second kappa shape index (κ2) is 3.44. The molecule has 14 heavy (non-hydrogen) atoms. The number of aromatic nitrogens is 2. The van der Waals surface area contributed by atoms with Crippen LogP contribution in [0.25, 0.3) is 0 Å². The van der Waals surface area contributed by atoms with E-state index in [-0.39, 0.29) is 0 Å². The van der Waals surface area contributed by atoms with Crippen molar-refractivity contribution in [2.45, 2.75) is 38.6 Å². The maximum absolute atomic E-state index is 5.88. The first-order valence-electron chi connectivity index (χ1n) is 5.05. The summed E-state index contributed by atoms with van der Waals surface area (Å²) in [6.45, 7) is 4.29. The number of hydrogen-bond donors (Lipinski definition) is 2. The molecule has 2 heterocycles. The molecule has 4 nitrogen and oxygen atoms in total. The number of fused-ring (bicyclic) bond motifs is 1. The molecule has 0 saturated carbocycles. The fourth-order valence-electron chi connectivity index (χ4n) is 1.88. The maximum atomic E-state index is 5.88. The molecule has 1 aromatic rings. The van der Waals surface area contributed by atoms with Gasteiger partial charge in [-0.1, -0.05) is 6.92 Å². The molecule has 0 amide bonds. The van der Waals surface area contributed by atoms with Crippen molar-refractivity contribution in [3.8, 4) is 0 Å². The van der Waals surface area contributed by atoms with Crippen LogP contribution in [0.2, 0.25) is 0 Å². The van der Waals surface area contributed by atoms with Gasteiger partial charge in [-0.3, -0.25) is 4.99 Å². The lowest BCUT2D eigenvalue weighted by molar-refractivity contribution is 0.557. The first-order chi connectivity index (χ1) is 6.68. The molecular formula is C10H16N4. The summed E-state index contributed by atoms with van der Waals surface area (Å²) in [5, 5.41) is 0. The van der Waals surface area contributed by atoms with E-state index in [1.165, 1.54) is 0 Å². The first-order valence-corrected chi connectivity index (χ1v) is 5.05. The zero-order valence-corrected chi connectivity index (χ0v) is 8.62. The summed E-state index contributed by atoms with van der Waals surface area (Å²) >= 11 is 0. The second-order valence-corrected chi connectivity index (χ2v) is 4.01. The largest absolute Gasteiger partial charge is 0.382 e. The van der Waals surface area contributed by atoms with Crippen molar-refractivity contribution in [2.75, 3.05) is 0 Å². The molecule has 1 aromatic heterocycles. The van der Waals surface area contributed by atoms with Crippen LogP contribution in [0, 0.1) is 0 Å². The fraction of sp³-hybridized carbons (Fsp3) is 0.600. The molecule has 76 valence electrons. The minimum Gasteiger partial charge on any atom is -0.382 e. The third-order valence-electron chi connectivity index (χ3n) is 2.78. The SMILES string of the molecule is CC1CCC(C)c2[nH]cnc2C(N)=N1. The summed E-state index contributed by atoms with van der Waals surface area (Å²) in [6.07, 6.45) is 3.91. The summed E-state index contributed by atoms with van der Waals surface area (Å²) in [5.41, 5.74) is 7.84. The summed E-state index contributed by atoms with van der Waals surface area (Å²) in [5.74, 6) is 1.06. The third kappa shape index (κ3) is 1.52. The highest BCUT2D eigenvalue weighted by Gasteiger charge is 2.19. The van der Waals surface area contributed by atoms with Gasteiger partial charge in [0.25, 0.3) is 0 Å². The Morgan fingerprint density at radius 2 is 2.21 bits per heavy atom. The number of rotatable bonds is 0. The van der Waals surface area contributed by atoms with Crippen LogP contribution in [0.3, 0.4) is 0 Å². The predicted molar refractivity (Wildman–Crippen MR) is 56.4 cm³/mol. The standard InChI is InChI=1S/C10H16N4/c1-6-3-4-7(2)14-10(11)9-8(6)12-5-13-9/h5-7H,3-4H2,1-2H3,(H2,11,14)(H,12,13). The van der Waals surface area contributed by atoms with Crippen LogP contribution in [0.5, 0.6) is 0 Å². The number of hydrogen-bond acceptors (Lipinski definition) is 3. The zero-order valence-electron chi connectivity index (χ0n) is 8.62. The number of nitrogens with one attached hydrogen (secondary N) is 1. The summed E-state index contributed by atoms with van der Waals surface area (Å²) in [4.78, 5) is 11.8. The molecule has 3 N–H and O–H groups in total. The van der Waals surface area contributed by atoms with E-state index in [1.54, 1.807) is 6.33 Å². The Morgan fingerprint density at radius 1 is 1.43 bits per heavy atom. The number of amidine groups is 1. The smallest absolute Gasteiger partial charge is 0.146 e. The molecule has 0 spiro atoms. The van der Waals surface area contributed by atoms with Gasteiger partial charge in [-0.25, -0.2) is 4.98 Å². The lowest BCUT2D eigenvalue weighted by Crippen LogP contribution is -2.22. The van der Waals surface area contributed by atoms with E-state index in [4.69, 9.17) is 5.73 Å². The van der Waals surface area contributed by atoms with Crippen molar-refractivity contribution in [1.82, 2.24) is 9.97 Å². The average Bonchev–Trinajstić information content (AvgIpc) is 2.60. The van der Waals surface area contributed by atoms with E-state index in [0.717, 1.165) is 24.2 Å². The number of H-pyrrole nitrogens is 1. The fourth-order valence-corrected chi connectivity index (χ4v) is 1.88. The monoisotopic (exact) mass is 192 g/mol. The summed E-state index contributed by atoms with van der Waals surface area (Å²) in [6, 6.07) is 0.308. The van der Waals surface area contributed by atoms with Crippen LogP contribution in [0.1, 0.15) is 44.0 Å². The lowest BCUT2D eigenvalue weighted by Gasteiger charge is -2.17. The maximum Gasteiger partial charge on any atom is 0.146 e. The van der Waals surface area contributed by atoms with Gasteiger partial charge in [-0.15, -0.1) is 0 Å². The topological polar surface area (TPSA) is 67.1 Å². The van der Waals surface area contributed by atoms with Gasteiger partial charge in [-0.05, 0) is 25.7 Å². The van der Waals surface area contributed by atoms with Gasteiger partial charge in [0.15, 0.2) is 0 Å². The van der Waals surface area contributed by atoms with Gasteiger partial charge < -0.3 is 10.7 Å². The Morgan fingerprint density at radius 3 is 3.00 bits per heavy atom. The van der Waals surface area contributed by atoms with E-state index in [1.807, 2.05) is 0 Å². The quantitative estimate of drug-likeness (QED) is 0.652. The highest BCUT2D eigenvalue weighted by Crippen LogP contribution is 2.24.